The summed E-state index contributed by atoms with van der Waals surface area (Å²) in [6, 6.07) is 17.5. The van der Waals surface area contributed by atoms with Crippen molar-refractivity contribution in [2.75, 3.05) is 10.6 Å². The predicted octanol–water partition coefficient (Wildman–Crippen LogP) is 5.01. The number of nitrogens with zero attached hydrogens (tertiary/aromatic N) is 1. The van der Waals surface area contributed by atoms with Crippen LogP contribution in [0.4, 0.5) is 5.69 Å². The Bertz CT molecular complexity index is 1180. The van der Waals surface area contributed by atoms with Gasteiger partial charge in [0.1, 0.15) is 6.04 Å². The highest BCUT2D eigenvalue weighted by molar-refractivity contribution is 7.92. The van der Waals surface area contributed by atoms with Crippen LogP contribution < -0.4 is 9.62 Å². The maximum absolute atomic E-state index is 12.9. The second kappa shape index (κ2) is 9.25. The molecule has 5 nitrogen and oxygen atoms in total. The lowest BCUT2D eigenvalue weighted by Gasteiger charge is -2.30. The van der Waals surface area contributed by atoms with Crippen molar-refractivity contribution in [3.05, 3.63) is 76.3 Å². The molecule has 8 heteroatoms. The summed E-state index contributed by atoms with van der Waals surface area (Å²) < 4.78 is 26.1. The van der Waals surface area contributed by atoms with E-state index < -0.39 is 16.1 Å². The van der Waals surface area contributed by atoms with Gasteiger partial charge in [-0.3, -0.25) is 9.10 Å². The van der Waals surface area contributed by atoms with E-state index in [2.05, 4.69) is 5.32 Å². The summed E-state index contributed by atoms with van der Waals surface area (Å²) in [6.45, 7) is 2.05. The van der Waals surface area contributed by atoms with E-state index in [1.54, 1.807) is 6.92 Å². The molecule has 3 aromatic carbocycles. The van der Waals surface area contributed by atoms with E-state index in [9.17, 15) is 13.2 Å². The molecule has 1 N–H and O–H groups in total. The van der Waals surface area contributed by atoms with Gasteiger partial charge in [0, 0.05) is 6.54 Å². The smallest absolute Gasteiger partial charge is 0.244 e. The van der Waals surface area contributed by atoms with E-state index >= 15 is 0 Å². The number of hydrogen-bond acceptors (Lipinski definition) is 3. The highest BCUT2D eigenvalue weighted by atomic mass is 35.5. The Kier molecular flexibility index (Phi) is 6.91. The molecule has 1 atom stereocenters. The molecule has 3 rings (SSSR count). The second-order valence-corrected chi connectivity index (χ2v) is 9.65. The zero-order valence-electron chi connectivity index (χ0n) is 16.6. The fourth-order valence-corrected chi connectivity index (χ4v) is 4.83. The van der Waals surface area contributed by atoms with Crippen LogP contribution in [0.3, 0.4) is 0 Å². The van der Waals surface area contributed by atoms with Crippen molar-refractivity contribution in [3.8, 4) is 0 Å². The molecular weight excluding hydrogens is 443 g/mol. The first-order valence-corrected chi connectivity index (χ1v) is 12.0. The minimum Gasteiger partial charge on any atom is -0.350 e. The van der Waals surface area contributed by atoms with Crippen LogP contribution in [0.25, 0.3) is 10.8 Å². The molecule has 0 saturated carbocycles. The van der Waals surface area contributed by atoms with Gasteiger partial charge in [-0.05, 0) is 47.0 Å². The first-order valence-electron chi connectivity index (χ1n) is 9.40. The SMILES string of the molecule is CC[C@@H](C(=O)NCc1ccc2ccccc2c1)N(c1ccc(Cl)c(Cl)c1)S(C)(=O)=O. The Hall–Kier alpha value is -2.28. The molecule has 0 bridgehead atoms. The lowest BCUT2D eigenvalue weighted by atomic mass is 10.1. The number of nitrogens with one attached hydrogen (secondary N) is 1. The van der Waals surface area contributed by atoms with Crippen LogP contribution in [-0.4, -0.2) is 26.6 Å². The van der Waals surface area contributed by atoms with Crippen LogP contribution in [0.1, 0.15) is 18.9 Å². The summed E-state index contributed by atoms with van der Waals surface area (Å²) in [5.41, 5.74) is 1.22. The van der Waals surface area contributed by atoms with Gasteiger partial charge >= 0.3 is 0 Å². The predicted molar refractivity (Wildman–Crippen MR) is 124 cm³/mol. The van der Waals surface area contributed by atoms with Crippen molar-refractivity contribution in [1.29, 1.82) is 0 Å². The lowest BCUT2D eigenvalue weighted by Crippen LogP contribution is -2.49. The number of rotatable bonds is 7. The minimum absolute atomic E-state index is 0.217. The van der Waals surface area contributed by atoms with Crippen LogP contribution in [0.2, 0.25) is 10.0 Å². The Labute approximate surface area is 186 Å². The molecule has 0 aliphatic carbocycles. The van der Waals surface area contributed by atoms with Gasteiger partial charge in [-0.25, -0.2) is 8.42 Å². The van der Waals surface area contributed by atoms with Gasteiger partial charge < -0.3 is 5.32 Å². The molecule has 0 radical (unpaired) electrons. The van der Waals surface area contributed by atoms with Crippen molar-refractivity contribution in [3.63, 3.8) is 0 Å². The number of carbonyl (C=O) groups is 1. The van der Waals surface area contributed by atoms with Crippen molar-refractivity contribution in [2.45, 2.75) is 25.9 Å². The molecule has 0 heterocycles. The van der Waals surface area contributed by atoms with Crippen molar-refractivity contribution in [1.82, 2.24) is 5.32 Å². The number of carbonyl (C=O) groups excluding carboxylic acids is 1. The Balaban J connectivity index is 1.83. The van der Waals surface area contributed by atoms with Gasteiger partial charge in [0.25, 0.3) is 0 Å². The van der Waals surface area contributed by atoms with Gasteiger partial charge in [-0.15, -0.1) is 0 Å². The summed E-state index contributed by atoms with van der Waals surface area (Å²) >= 11 is 12.0. The normalized spacial score (nSPS) is 12.5. The summed E-state index contributed by atoms with van der Waals surface area (Å²) in [4.78, 5) is 12.9. The highest BCUT2D eigenvalue weighted by Gasteiger charge is 2.31. The maximum Gasteiger partial charge on any atom is 0.244 e. The topological polar surface area (TPSA) is 66.5 Å². The summed E-state index contributed by atoms with van der Waals surface area (Å²) in [7, 11) is -3.74. The molecule has 0 aliphatic rings. The van der Waals surface area contributed by atoms with E-state index in [0.29, 0.717) is 17.3 Å². The summed E-state index contributed by atoms with van der Waals surface area (Å²) in [6.07, 6.45) is 1.35. The molecule has 0 aromatic heterocycles. The Morgan fingerprint density at radius 3 is 2.33 bits per heavy atom. The lowest BCUT2D eigenvalue weighted by molar-refractivity contribution is -0.122. The van der Waals surface area contributed by atoms with Crippen LogP contribution in [0.5, 0.6) is 0 Å². The van der Waals surface area contributed by atoms with Gasteiger partial charge in [-0.2, -0.15) is 0 Å². The average molecular weight is 465 g/mol. The van der Waals surface area contributed by atoms with Gasteiger partial charge in [0.2, 0.25) is 15.9 Å². The Morgan fingerprint density at radius 2 is 1.70 bits per heavy atom. The third-order valence-corrected chi connectivity index (χ3v) is 6.69. The fraction of sp³-hybridized carbons (Fsp3) is 0.227. The first kappa shape index (κ1) is 22.4. The number of fused-ring (bicyclic) bond motifs is 1. The van der Waals surface area contributed by atoms with E-state index in [-0.39, 0.29) is 17.4 Å². The van der Waals surface area contributed by atoms with Gasteiger partial charge in [0.05, 0.1) is 22.0 Å². The number of halogens is 2. The first-order chi connectivity index (χ1) is 14.2. The van der Waals surface area contributed by atoms with Crippen LogP contribution in [-0.2, 0) is 21.4 Å². The third kappa shape index (κ3) is 5.06. The molecule has 1 amide bonds. The zero-order valence-corrected chi connectivity index (χ0v) is 18.9. The monoisotopic (exact) mass is 464 g/mol. The number of sulfonamides is 1. The Morgan fingerprint density at radius 1 is 1.00 bits per heavy atom. The van der Waals surface area contributed by atoms with Crippen molar-refractivity contribution < 1.29 is 13.2 Å². The van der Waals surface area contributed by atoms with E-state index in [1.165, 1.54) is 18.2 Å². The molecule has 0 spiro atoms. The number of hydrogen-bond donors (Lipinski definition) is 1. The quantitative estimate of drug-likeness (QED) is 0.534. The van der Waals surface area contributed by atoms with Crippen molar-refractivity contribution in [2.24, 2.45) is 0 Å². The van der Waals surface area contributed by atoms with Crippen LogP contribution >= 0.6 is 23.2 Å². The molecule has 0 saturated heterocycles. The zero-order chi connectivity index (χ0) is 21.9. The largest absolute Gasteiger partial charge is 0.350 e. The second-order valence-electron chi connectivity index (χ2n) is 6.98. The molecule has 30 heavy (non-hydrogen) atoms. The molecular formula is C22H22Cl2N2O3S. The van der Waals surface area contributed by atoms with E-state index in [1.807, 2.05) is 42.5 Å². The molecule has 0 aliphatic heterocycles. The summed E-state index contributed by atoms with van der Waals surface area (Å²) in [5, 5.41) is 5.57. The molecule has 3 aromatic rings. The standard InChI is InChI=1S/C22H22Cl2N2O3S/c1-3-21(26(30(2,28)29)18-10-11-19(23)20(24)13-18)22(27)25-14-15-8-9-16-6-4-5-7-17(16)12-15/h4-13,21H,3,14H2,1-2H3,(H,25,27)/t21-/m0/s1. The van der Waals surface area contributed by atoms with Gasteiger partial charge in [-0.1, -0.05) is 66.5 Å². The number of benzene rings is 3. The molecule has 0 fully saturated rings. The molecule has 0 unspecified atom stereocenters. The number of amides is 1. The summed E-state index contributed by atoms with van der Waals surface area (Å²) in [5.74, 6) is -0.387. The van der Waals surface area contributed by atoms with Crippen molar-refractivity contribution >= 4 is 55.6 Å². The van der Waals surface area contributed by atoms with Crippen LogP contribution in [0.15, 0.2) is 60.7 Å². The molecule has 158 valence electrons. The minimum atomic E-state index is -3.74. The maximum atomic E-state index is 12.9. The third-order valence-electron chi connectivity index (χ3n) is 4.77. The fourth-order valence-electron chi connectivity index (χ4n) is 3.34. The average Bonchev–Trinajstić information content (AvgIpc) is 2.71. The number of anilines is 1. The highest BCUT2D eigenvalue weighted by Crippen LogP contribution is 2.30. The van der Waals surface area contributed by atoms with Gasteiger partial charge in [0.15, 0.2) is 0 Å². The van der Waals surface area contributed by atoms with E-state index in [4.69, 9.17) is 23.2 Å². The van der Waals surface area contributed by atoms with E-state index in [0.717, 1.165) is 26.9 Å². The van der Waals surface area contributed by atoms with Crippen LogP contribution in [0, 0.1) is 0 Å².